The van der Waals surface area contributed by atoms with Crippen LogP contribution in [0.3, 0.4) is 0 Å². The zero-order valence-electron chi connectivity index (χ0n) is 12.0. The summed E-state index contributed by atoms with van der Waals surface area (Å²) in [7, 11) is 1.62. The molecule has 5 heteroatoms. The number of rotatable bonds is 4. The van der Waals surface area contributed by atoms with Crippen LogP contribution in [-0.2, 0) is 9.59 Å². The zero-order valence-corrected chi connectivity index (χ0v) is 12.0. The standard InChI is InChI=1S/C16H19NO4/c1-21-11-5-2-4-10(8-11)12-9-13(12)15(18)17-7-3-6-14(17)16(19)20/h2,4-5,8,12-14H,3,6-7,9H2,1H3,(H,19,20)/t12-,13+,14+/m0/s1. The fraction of sp³-hybridized carbons (Fsp3) is 0.500. The van der Waals surface area contributed by atoms with E-state index in [1.165, 1.54) is 0 Å². The fourth-order valence-electron chi connectivity index (χ4n) is 3.21. The molecule has 112 valence electrons. The monoisotopic (exact) mass is 289 g/mol. The van der Waals surface area contributed by atoms with E-state index < -0.39 is 12.0 Å². The van der Waals surface area contributed by atoms with E-state index >= 15 is 0 Å². The largest absolute Gasteiger partial charge is 0.497 e. The lowest BCUT2D eigenvalue weighted by atomic mass is 10.1. The molecule has 1 aliphatic carbocycles. The van der Waals surface area contributed by atoms with Crippen LogP contribution in [0, 0.1) is 5.92 Å². The molecule has 1 saturated carbocycles. The molecule has 0 aromatic heterocycles. The van der Waals surface area contributed by atoms with Gasteiger partial charge in [0, 0.05) is 12.5 Å². The van der Waals surface area contributed by atoms with Gasteiger partial charge in [-0.25, -0.2) is 4.79 Å². The molecule has 3 rings (SSSR count). The predicted octanol–water partition coefficient (Wildman–Crippen LogP) is 1.87. The molecule has 1 N–H and O–H groups in total. The van der Waals surface area contributed by atoms with Gasteiger partial charge in [0.2, 0.25) is 5.91 Å². The molecule has 1 aliphatic heterocycles. The summed E-state index contributed by atoms with van der Waals surface area (Å²) in [6.07, 6.45) is 2.14. The van der Waals surface area contributed by atoms with Gasteiger partial charge in [-0.1, -0.05) is 12.1 Å². The van der Waals surface area contributed by atoms with Crippen molar-refractivity contribution in [2.24, 2.45) is 5.92 Å². The third-order valence-corrected chi connectivity index (χ3v) is 4.45. The van der Waals surface area contributed by atoms with Crippen molar-refractivity contribution in [1.29, 1.82) is 0 Å². The molecule has 1 saturated heterocycles. The first kappa shape index (κ1) is 13.9. The SMILES string of the molecule is COc1cccc([C@@H]2C[C@H]2C(=O)N2CCC[C@@H]2C(=O)O)c1. The number of carbonyl (C=O) groups excluding carboxylic acids is 1. The molecule has 21 heavy (non-hydrogen) atoms. The van der Waals surface area contributed by atoms with E-state index in [1.54, 1.807) is 12.0 Å². The van der Waals surface area contributed by atoms with Crippen LogP contribution in [0.15, 0.2) is 24.3 Å². The fourth-order valence-corrected chi connectivity index (χ4v) is 3.21. The molecular formula is C16H19NO4. The molecule has 1 aromatic carbocycles. The zero-order chi connectivity index (χ0) is 15.0. The van der Waals surface area contributed by atoms with Crippen molar-refractivity contribution in [2.75, 3.05) is 13.7 Å². The van der Waals surface area contributed by atoms with E-state index in [9.17, 15) is 14.7 Å². The molecule has 1 heterocycles. The van der Waals surface area contributed by atoms with Gasteiger partial charge in [-0.05, 0) is 42.9 Å². The Bertz CT molecular complexity index is 571. The van der Waals surface area contributed by atoms with Crippen molar-refractivity contribution in [3.63, 3.8) is 0 Å². The quantitative estimate of drug-likeness (QED) is 0.919. The lowest BCUT2D eigenvalue weighted by molar-refractivity contribution is -0.148. The van der Waals surface area contributed by atoms with Crippen LogP contribution in [-0.4, -0.2) is 41.6 Å². The van der Waals surface area contributed by atoms with Gasteiger partial charge in [-0.2, -0.15) is 0 Å². The molecule has 2 fully saturated rings. The van der Waals surface area contributed by atoms with E-state index in [2.05, 4.69) is 0 Å². The first-order chi connectivity index (χ1) is 10.1. The predicted molar refractivity (Wildman–Crippen MR) is 76.2 cm³/mol. The summed E-state index contributed by atoms with van der Waals surface area (Å²) in [4.78, 5) is 25.2. The Labute approximate surface area is 123 Å². The van der Waals surface area contributed by atoms with Gasteiger partial charge >= 0.3 is 5.97 Å². The molecule has 0 radical (unpaired) electrons. The van der Waals surface area contributed by atoms with E-state index in [0.717, 1.165) is 24.2 Å². The van der Waals surface area contributed by atoms with Crippen LogP contribution < -0.4 is 4.74 Å². The lowest BCUT2D eigenvalue weighted by Gasteiger charge is -2.21. The maximum atomic E-state index is 12.5. The van der Waals surface area contributed by atoms with Gasteiger partial charge in [-0.3, -0.25) is 4.79 Å². The molecule has 2 aliphatic rings. The molecule has 1 aromatic rings. The Morgan fingerprint density at radius 2 is 2.19 bits per heavy atom. The minimum absolute atomic E-state index is 0.00674. The number of carboxylic acids is 1. The average Bonchev–Trinajstić information content (AvgIpc) is 3.14. The normalized spacial score (nSPS) is 27.5. The van der Waals surface area contributed by atoms with Crippen LogP contribution in [0.5, 0.6) is 5.75 Å². The maximum Gasteiger partial charge on any atom is 0.326 e. The molecule has 0 spiro atoms. The van der Waals surface area contributed by atoms with Crippen molar-refractivity contribution in [3.8, 4) is 5.75 Å². The number of benzene rings is 1. The summed E-state index contributed by atoms with van der Waals surface area (Å²) >= 11 is 0. The van der Waals surface area contributed by atoms with Crippen LogP contribution in [0.4, 0.5) is 0 Å². The molecule has 5 nitrogen and oxygen atoms in total. The van der Waals surface area contributed by atoms with Crippen molar-refractivity contribution < 1.29 is 19.4 Å². The van der Waals surface area contributed by atoms with Crippen molar-refractivity contribution in [1.82, 2.24) is 4.90 Å². The summed E-state index contributed by atoms with van der Waals surface area (Å²) in [5, 5.41) is 9.18. The third-order valence-electron chi connectivity index (χ3n) is 4.45. The van der Waals surface area contributed by atoms with E-state index in [-0.39, 0.29) is 17.7 Å². The number of carbonyl (C=O) groups is 2. The summed E-state index contributed by atoms with van der Waals surface area (Å²) in [6.45, 7) is 0.567. The summed E-state index contributed by atoms with van der Waals surface area (Å²) in [5.41, 5.74) is 1.10. The van der Waals surface area contributed by atoms with Crippen LogP contribution in [0.2, 0.25) is 0 Å². The Morgan fingerprint density at radius 1 is 1.38 bits per heavy atom. The highest BCUT2D eigenvalue weighted by molar-refractivity contribution is 5.88. The average molecular weight is 289 g/mol. The minimum atomic E-state index is -0.889. The number of hydrogen-bond donors (Lipinski definition) is 1. The van der Waals surface area contributed by atoms with E-state index in [0.29, 0.717) is 13.0 Å². The highest BCUT2D eigenvalue weighted by atomic mass is 16.5. The van der Waals surface area contributed by atoms with Crippen LogP contribution in [0.25, 0.3) is 0 Å². The van der Waals surface area contributed by atoms with Crippen LogP contribution >= 0.6 is 0 Å². The van der Waals surface area contributed by atoms with Crippen LogP contribution in [0.1, 0.15) is 30.7 Å². The summed E-state index contributed by atoms with van der Waals surface area (Å²) in [5.74, 6) is 0.0158. The molecular weight excluding hydrogens is 270 g/mol. The van der Waals surface area contributed by atoms with Crippen molar-refractivity contribution in [2.45, 2.75) is 31.2 Å². The number of aliphatic carboxylic acids is 1. The molecule has 3 atom stereocenters. The van der Waals surface area contributed by atoms with Gasteiger partial charge in [0.05, 0.1) is 7.11 Å². The van der Waals surface area contributed by atoms with Gasteiger partial charge in [0.25, 0.3) is 0 Å². The van der Waals surface area contributed by atoms with Crippen molar-refractivity contribution >= 4 is 11.9 Å². The number of carboxylic acid groups (broad SMARTS) is 1. The number of likely N-dealkylation sites (tertiary alicyclic amines) is 1. The first-order valence-electron chi connectivity index (χ1n) is 7.29. The summed E-state index contributed by atoms with van der Waals surface area (Å²) in [6, 6.07) is 7.12. The molecule has 1 amide bonds. The third kappa shape index (κ3) is 2.60. The molecule has 0 bridgehead atoms. The van der Waals surface area contributed by atoms with E-state index in [1.807, 2.05) is 24.3 Å². The number of methoxy groups -OCH3 is 1. The second kappa shape index (κ2) is 5.39. The Hall–Kier alpha value is -2.04. The smallest absolute Gasteiger partial charge is 0.326 e. The topological polar surface area (TPSA) is 66.8 Å². The maximum absolute atomic E-state index is 12.5. The molecule has 0 unspecified atom stereocenters. The second-order valence-electron chi connectivity index (χ2n) is 5.75. The Balaban J connectivity index is 1.69. The number of hydrogen-bond acceptors (Lipinski definition) is 3. The highest BCUT2D eigenvalue weighted by Crippen LogP contribution is 2.49. The summed E-state index contributed by atoms with van der Waals surface area (Å²) < 4.78 is 5.20. The Morgan fingerprint density at radius 3 is 2.90 bits per heavy atom. The number of ether oxygens (including phenoxy) is 1. The number of nitrogens with zero attached hydrogens (tertiary/aromatic N) is 1. The van der Waals surface area contributed by atoms with E-state index in [4.69, 9.17) is 4.74 Å². The minimum Gasteiger partial charge on any atom is -0.497 e. The van der Waals surface area contributed by atoms with Gasteiger partial charge in [-0.15, -0.1) is 0 Å². The Kier molecular flexibility index (Phi) is 3.57. The first-order valence-corrected chi connectivity index (χ1v) is 7.29. The van der Waals surface area contributed by atoms with Gasteiger partial charge in [0.15, 0.2) is 0 Å². The van der Waals surface area contributed by atoms with Gasteiger partial charge in [0.1, 0.15) is 11.8 Å². The van der Waals surface area contributed by atoms with Gasteiger partial charge < -0.3 is 14.7 Å². The van der Waals surface area contributed by atoms with Crippen molar-refractivity contribution in [3.05, 3.63) is 29.8 Å². The number of amides is 1. The second-order valence-corrected chi connectivity index (χ2v) is 5.75. The highest BCUT2D eigenvalue weighted by Gasteiger charge is 2.48. The lowest BCUT2D eigenvalue weighted by Crippen LogP contribution is -2.41.